The van der Waals surface area contributed by atoms with E-state index >= 15 is 0 Å². The Labute approximate surface area is 146 Å². The molecule has 2 aromatic rings. The Kier molecular flexibility index (Phi) is 7.48. The molecule has 0 aliphatic carbocycles. The summed E-state index contributed by atoms with van der Waals surface area (Å²) in [5.74, 6) is 0.905. The van der Waals surface area contributed by atoms with E-state index in [0.29, 0.717) is 23.1 Å². The molecule has 1 aromatic carbocycles. The molecule has 0 radical (unpaired) electrons. The van der Waals surface area contributed by atoms with Gasteiger partial charge in [-0.3, -0.25) is 4.79 Å². The number of para-hydroxylation sites is 1. The molecule has 2 rings (SSSR count). The highest BCUT2D eigenvalue weighted by atomic mass is 35.5. The number of nitrogens with zero attached hydrogens (tertiary/aromatic N) is 4. The average Bonchev–Trinajstić information content (AvgIpc) is 3.01. The van der Waals surface area contributed by atoms with Crippen molar-refractivity contribution in [3.05, 3.63) is 35.1 Å². The second-order valence-corrected chi connectivity index (χ2v) is 5.79. The molecule has 1 heterocycles. The van der Waals surface area contributed by atoms with E-state index in [0.717, 1.165) is 12.8 Å². The van der Waals surface area contributed by atoms with Gasteiger partial charge < -0.3 is 10.1 Å². The largest absolute Gasteiger partial charge is 0.484 e. The van der Waals surface area contributed by atoms with Crippen molar-refractivity contribution < 1.29 is 9.53 Å². The molecular weight excluding hydrogens is 330 g/mol. The SMILES string of the molecule is CCCCCCNC(=O)Cn1nnnc1COc1ccccc1Cl. The van der Waals surface area contributed by atoms with Crippen LogP contribution in [0.4, 0.5) is 0 Å². The van der Waals surface area contributed by atoms with Gasteiger partial charge in [0.1, 0.15) is 18.9 Å². The van der Waals surface area contributed by atoms with Gasteiger partial charge in [-0.1, -0.05) is 49.9 Å². The highest BCUT2D eigenvalue weighted by molar-refractivity contribution is 6.32. The highest BCUT2D eigenvalue weighted by Crippen LogP contribution is 2.23. The van der Waals surface area contributed by atoms with Crippen molar-refractivity contribution in [2.75, 3.05) is 6.54 Å². The van der Waals surface area contributed by atoms with Crippen molar-refractivity contribution in [2.45, 2.75) is 45.8 Å². The molecule has 0 saturated heterocycles. The Morgan fingerprint density at radius 1 is 1.29 bits per heavy atom. The van der Waals surface area contributed by atoms with Crippen LogP contribution in [0.3, 0.4) is 0 Å². The molecule has 1 N–H and O–H groups in total. The number of unbranched alkanes of at least 4 members (excludes halogenated alkanes) is 3. The van der Waals surface area contributed by atoms with Gasteiger partial charge in [-0.05, 0) is 29.0 Å². The fourth-order valence-electron chi connectivity index (χ4n) is 2.13. The van der Waals surface area contributed by atoms with Crippen LogP contribution < -0.4 is 10.1 Å². The number of carbonyl (C=O) groups is 1. The van der Waals surface area contributed by atoms with E-state index in [1.54, 1.807) is 12.1 Å². The lowest BCUT2D eigenvalue weighted by atomic mass is 10.2. The van der Waals surface area contributed by atoms with E-state index < -0.39 is 0 Å². The number of nitrogens with one attached hydrogen (secondary N) is 1. The molecular formula is C16H22ClN5O2. The zero-order valence-corrected chi connectivity index (χ0v) is 14.5. The number of carbonyl (C=O) groups excluding carboxylic acids is 1. The third-order valence-electron chi connectivity index (χ3n) is 3.45. The van der Waals surface area contributed by atoms with Gasteiger partial charge in [-0.25, -0.2) is 4.68 Å². The Morgan fingerprint density at radius 3 is 2.92 bits per heavy atom. The van der Waals surface area contributed by atoms with E-state index in [-0.39, 0.29) is 19.1 Å². The summed E-state index contributed by atoms with van der Waals surface area (Å²) < 4.78 is 7.03. The van der Waals surface area contributed by atoms with Gasteiger partial charge in [0.15, 0.2) is 5.82 Å². The Bertz CT molecular complexity index is 647. The molecule has 0 fully saturated rings. The minimum Gasteiger partial charge on any atom is -0.484 e. The van der Waals surface area contributed by atoms with E-state index in [1.165, 1.54) is 17.5 Å². The van der Waals surface area contributed by atoms with Gasteiger partial charge >= 0.3 is 0 Å². The van der Waals surface area contributed by atoms with Gasteiger partial charge in [-0.15, -0.1) is 5.10 Å². The molecule has 0 aliphatic rings. The summed E-state index contributed by atoms with van der Waals surface area (Å²) in [6.07, 6.45) is 4.47. The number of hydrogen-bond donors (Lipinski definition) is 1. The summed E-state index contributed by atoms with van der Waals surface area (Å²) >= 11 is 6.03. The quantitative estimate of drug-likeness (QED) is 0.665. The number of amides is 1. The van der Waals surface area contributed by atoms with Crippen LogP contribution in [0.5, 0.6) is 5.75 Å². The van der Waals surface area contributed by atoms with Crippen LogP contribution in [0.1, 0.15) is 38.4 Å². The van der Waals surface area contributed by atoms with Crippen molar-refractivity contribution in [2.24, 2.45) is 0 Å². The molecule has 0 aliphatic heterocycles. The second kappa shape index (κ2) is 9.87. The van der Waals surface area contributed by atoms with Crippen LogP contribution in [0.2, 0.25) is 5.02 Å². The van der Waals surface area contributed by atoms with Crippen molar-refractivity contribution in [1.82, 2.24) is 25.5 Å². The summed E-state index contributed by atoms with van der Waals surface area (Å²) in [6.45, 7) is 3.04. The number of ether oxygens (including phenoxy) is 1. The maximum absolute atomic E-state index is 11.9. The number of halogens is 1. The van der Waals surface area contributed by atoms with Crippen molar-refractivity contribution in [1.29, 1.82) is 0 Å². The first-order valence-electron chi connectivity index (χ1n) is 8.09. The molecule has 0 atom stereocenters. The van der Waals surface area contributed by atoms with Crippen LogP contribution in [0.15, 0.2) is 24.3 Å². The molecule has 1 amide bonds. The normalized spacial score (nSPS) is 10.6. The molecule has 0 bridgehead atoms. The lowest BCUT2D eigenvalue weighted by Crippen LogP contribution is -2.29. The zero-order valence-electron chi connectivity index (χ0n) is 13.7. The lowest BCUT2D eigenvalue weighted by molar-refractivity contribution is -0.121. The van der Waals surface area contributed by atoms with E-state index in [2.05, 4.69) is 27.8 Å². The van der Waals surface area contributed by atoms with Crippen molar-refractivity contribution >= 4 is 17.5 Å². The Balaban J connectivity index is 1.80. The molecule has 7 nitrogen and oxygen atoms in total. The average molecular weight is 352 g/mol. The van der Waals surface area contributed by atoms with E-state index in [4.69, 9.17) is 16.3 Å². The van der Waals surface area contributed by atoms with Crippen molar-refractivity contribution in [3.63, 3.8) is 0 Å². The fourth-order valence-corrected chi connectivity index (χ4v) is 2.32. The number of rotatable bonds is 10. The summed E-state index contributed by atoms with van der Waals surface area (Å²) in [5.41, 5.74) is 0. The van der Waals surface area contributed by atoms with E-state index in [1.807, 2.05) is 12.1 Å². The molecule has 1 aromatic heterocycles. The predicted octanol–water partition coefficient (Wildman–Crippen LogP) is 2.60. The fraction of sp³-hybridized carbons (Fsp3) is 0.500. The number of tetrazole rings is 1. The topological polar surface area (TPSA) is 81.9 Å². The molecule has 0 spiro atoms. The molecule has 130 valence electrons. The van der Waals surface area contributed by atoms with Crippen LogP contribution in [0, 0.1) is 0 Å². The monoisotopic (exact) mass is 351 g/mol. The maximum atomic E-state index is 11.9. The van der Waals surface area contributed by atoms with Gasteiger partial charge in [0.2, 0.25) is 5.91 Å². The minimum absolute atomic E-state index is 0.0714. The third-order valence-corrected chi connectivity index (χ3v) is 3.76. The van der Waals surface area contributed by atoms with E-state index in [9.17, 15) is 4.79 Å². The van der Waals surface area contributed by atoms with Gasteiger partial charge in [0.25, 0.3) is 0 Å². The molecule has 0 saturated carbocycles. The third kappa shape index (κ3) is 5.81. The smallest absolute Gasteiger partial charge is 0.241 e. The number of hydrogen-bond acceptors (Lipinski definition) is 5. The standard InChI is InChI=1S/C16H22ClN5O2/c1-2-3-4-7-10-18-16(23)11-22-15(19-20-21-22)12-24-14-9-6-5-8-13(14)17/h5-6,8-9H,2-4,7,10-12H2,1H3,(H,18,23). The number of aromatic nitrogens is 4. The van der Waals surface area contributed by atoms with Crippen LogP contribution in [0.25, 0.3) is 0 Å². The maximum Gasteiger partial charge on any atom is 0.241 e. The summed E-state index contributed by atoms with van der Waals surface area (Å²) in [4.78, 5) is 11.9. The summed E-state index contributed by atoms with van der Waals surface area (Å²) in [7, 11) is 0. The van der Waals surface area contributed by atoms with Gasteiger partial charge in [0, 0.05) is 6.54 Å². The highest BCUT2D eigenvalue weighted by Gasteiger charge is 2.11. The van der Waals surface area contributed by atoms with Crippen LogP contribution >= 0.6 is 11.6 Å². The van der Waals surface area contributed by atoms with Crippen LogP contribution in [-0.4, -0.2) is 32.7 Å². The molecule has 0 unspecified atom stereocenters. The number of benzene rings is 1. The first-order chi connectivity index (χ1) is 11.7. The summed E-state index contributed by atoms with van der Waals surface area (Å²) in [6, 6.07) is 7.16. The predicted molar refractivity (Wildman–Crippen MR) is 90.8 cm³/mol. The lowest BCUT2D eigenvalue weighted by Gasteiger charge is -2.08. The first-order valence-corrected chi connectivity index (χ1v) is 8.47. The minimum atomic E-state index is -0.113. The van der Waals surface area contributed by atoms with Gasteiger partial charge in [0.05, 0.1) is 5.02 Å². The molecule has 24 heavy (non-hydrogen) atoms. The zero-order chi connectivity index (χ0) is 17.2. The van der Waals surface area contributed by atoms with Crippen LogP contribution in [-0.2, 0) is 17.9 Å². The molecule has 8 heteroatoms. The summed E-state index contributed by atoms with van der Waals surface area (Å²) in [5, 5.41) is 14.7. The van der Waals surface area contributed by atoms with Crippen molar-refractivity contribution in [3.8, 4) is 5.75 Å². The Hall–Kier alpha value is -2.15. The Morgan fingerprint density at radius 2 is 2.12 bits per heavy atom. The second-order valence-electron chi connectivity index (χ2n) is 5.38. The van der Waals surface area contributed by atoms with Gasteiger partial charge in [-0.2, -0.15) is 0 Å². The first kappa shape index (κ1) is 18.2.